The Balaban J connectivity index is 2.63. The molecule has 0 saturated carbocycles. The largest absolute Gasteiger partial charge is 0.399 e. The smallest absolute Gasteiger partial charge is 0.0508 e. The molecular weight excluding hydrogens is 226 g/mol. The summed E-state index contributed by atoms with van der Waals surface area (Å²) in [6, 6.07) is 9.82. The highest BCUT2D eigenvalue weighted by Crippen LogP contribution is 2.30. The zero-order valence-electron chi connectivity index (χ0n) is 8.23. The Bertz CT molecular complexity index is 499. The quantitative estimate of drug-likeness (QED) is 0.477. The van der Waals surface area contributed by atoms with Gasteiger partial charge in [-0.15, -0.1) is 12.6 Å². The molecule has 2 N–H and O–H groups in total. The first kappa shape index (κ1) is 10.7. The van der Waals surface area contributed by atoms with Crippen molar-refractivity contribution in [1.29, 1.82) is 0 Å². The molecule has 2 nitrogen and oxygen atoms in total. The lowest BCUT2D eigenvalue weighted by Crippen LogP contribution is -1.85. The number of hydrogen-bond donors (Lipinski definition) is 2. The Hall–Kier alpha value is -0.840. The van der Waals surface area contributed by atoms with Crippen LogP contribution in [0.4, 0.5) is 5.69 Å². The van der Waals surface area contributed by atoms with E-state index < -0.39 is 0 Å². The summed E-state index contributed by atoms with van der Waals surface area (Å²) in [4.78, 5) is 1.97. The number of fused-ring (bicyclic) bond motifs is 1. The van der Waals surface area contributed by atoms with Crippen molar-refractivity contribution in [1.82, 2.24) is 0 Å². The van der Waals surface area contributed by atoms with Crippen molar-refractivity contribution >= 4 is 41.1 Å². The van der Waals surface area contributed by atoms with Crippen LogP contribution in [0.2, 0.25) is 0 Å². The third-order valence-corrected chi connectivity index (χ3v) is 3.07. The molecular formula is C11H11NOS2. The van der Waals surface area contributed by atoms with Crippen LogP contribution in [0.25, 0.3) is 10.8 Å². The van der Waals surface area contributed by atoms with Crippen molar-refractivity contribution in [2.75, 3.05) is 12.8 Å². The minimum atomic E-state index is 0.759. The average molecular weight is 237 g/mol. The van der Waals surface area contributed by atoms with Gasteiger partial charge in [-0.3, -0.25) is 0 Å². The van der Waals surface area contributed by atoms with Crippen LogP contribution < -0.4 is 5.73 Å². The maximum atomic E-state index is 5.73. The fourth-order valence-corrected chi connectivity index (χ4v) is 2.45. The molecule has 0 aliphatic heterocycles. The molecule has 0 aliphatic carbocycles. The molecule has 0 aliphatic rings. The average Bonchev–Trinajstić information content (AvgIpc) is 2.17. The van der Waals surface area contributed by atoms with Gasteiger partial charge in [-0.05, 0) is 35.0 Å². The topological polar surface area (TPSA) is 35.2 Å². The second-order valence-electron chi connectivity index (χ2n) is 3.17. The summed E-state index contributed by atoms with van der Waals surface area (Å²) in [5, 5.41) is 2.19. The third-order valence-electron chi connectivity index (χ3n) is 2.11. The van der Waals surface area contributed by atoms with Crippen LogP contribution in [-0.2, 0) is 4.18 Å². The van der Waals surface area contributed by atoms with Gasteiger partial charge in [0.2, 0.25) is 0 Å². The fraction of sp³-hybridized carbons (Fsp3) is 0.0909. The summed E-state index contributed by atoms with van der Waals surface area (Å²) < 4.78 is 5.01. The molecule has 78 valence electrons. The molecule has 0 heterocycles. The molecule has 4 heteroatoms. The van der Waals surface area contributed by atoms with E-state index in [0.29, 0.717) is 0 Å². The van der Waals surface area contributed by atoms with E-state index >= 15 is 0 Å². The monoisotopic (exact) mass is 237 g/mol. The third kappa shape index (κ3) is 2.22. The van der Waals surface area contributed by atoms with E-state index in [4.69, 9.17) is 9.92 Å². The fourth-order valence-electron chi connectivity index (χ4n) is 1.49. The van der Waals surface area contributed by atoms with Gasteiger partial charge in [0, 0.05) is 27.5 Å². The molecule has 2 rings (SSSR count). The second-order valence-corrected chi connectivity index (χ2v) is 4.63. The Morgan fingerprint density at radius 3 is 2.80 bits per heavy atom. The first-order valence-corrected chi connectivity index (χ1v) is 5.62. The van der Waals surface area contributed by atoms with Gasteiger partial charge in [0.15, 0.2) is 0 Å². The minimum Gasteiger partial charge on any atom is -0.399 e. The van der Waals surface area contributed by atoms with Gasteiger partial charge in [-0.1, -0.05) is 6.07 Å². The summed E-state index contributed by atoms with van der Waals surface area (Å²) in [6.07, 6.45) is 0. The van der Waals surface area contributed by atoms with E-state index in [2.05, 4.69) is 12.6 Å². The van der Waals surface area contributed by atoms with Crippen LogP contribution in [0.15, 0.2) is 40.1 Å². The molecule has 15 heavy (non-hydrogen) atoms. The molecule has 0 bridgehead atoms. The van der Waals surface area contributed by atoms with Gasteiger partial charge < -0.3 is 9.92 Å². The van der Waals surface area contributed by atoms with Crippen LogP contribution in [0.3, 0.4) is 0 Å². The SMILES string of the molecule is COSc1cc(S)c2ccc(N)cc2c1. The van der Waals surface area contributed by atoms with Crippen LogP contribution in [-0.4, -0.2) is 7.11 Å². The number of nitrogen functional groups attached to an aromatic ring is 1. The predicted molar refractivity (Wildman–Crippen MR) is 68.5 cm³/mol. The van der Waals surface area contributed by atoms with Gasteiger partial charge in [0.25, 0.3) is 0 Å². The lowest BCUT2D eigenvalue weighted by atomic mass is 10.1. The first-order chi connectivity index (χ1) is 7.20. The zero-order chi connectivity index (χ0) is 10.8. The van der Waals surface area contributed by atoms with Crippen molar-refractivity contribution in [2.45, 2.75) is 9.79 Å². The van der Waals surface area contributed by atoms with Crippen LogP contribution >= 0.6 is 24.7 Å². The Morgan fingerprint density at radius 2 is 2.07 bits per heavy atom. The molecule has 0 atom stereocenters. The number of nitrogens with two attached hydrogens (primary N) is 1. The van der Waals surface area contributed by atoms with E-state index in [1.165, 1.54) is 12.0 Å². The molecule has 0 radical (unpaired) electrons. The first-order valence-electron chi connectivity index (χ1n) is 4.43. The summed E-state index contributed by atoms with van der Waals surface area (Å²) >= 11 is 5.76. The number of rotatable bonds is 2. The normalized spacial score (nSPS) is 10.8. The van der Waals surface area contributed by atoms with Crippen molar-refractivity contribution < 1.29 is 4.18 Å². The zero-order valence-corrected chi connectivity index (χ0v) is 9.94. The maximum Gasteiger partial charge on any atom is 0.0508 e. The van der Waals surface area contributed by atoms with Crippen molar-refractivity contribution in [3.05, 3.63) is 30.3 Å². The summed E-state index contributed by atoms with van der Waals surface area (Å²) in [7, 11) is 1.65. The molecule has 2 aromatic rings. The molecule has 2 aromatic carbocycles. The second kappa shape index (κ2) is 4.35. The van der Waals surface area contributed by atoms with Gasteiger partial charge >= 0.3 is 0 Å². The number of anilines is 1. The number of hydrogen-bond acceptors (Lipinski definition) is 4. The minimum absolute atomic E-state index is 0.759. The highest BCUT2D eigenvalue weighted by molar-refractivity contribution is 7.94. The van der Waals surface area contributed by atoms with Gasteiger partial charge in [-0.25, -0.2) is 0 Å². The Kier molecular flexibility index (Phi) is 3.09. The van der Waals surface area contributed by atoms with E-state index in [9.17, 15) is 0 Å². The van der Waals surface area contributed by atoms with Crippen LogP contribution in [0.1, 0.15) is 0 Å². The standard InChI is InChI=1S/C11H11NOS2/c1-13-15-9-5-7-4-8(12)2-3-10(7)11(14)6-9/h2-6,14H,12H2,1H3. The molecule has 0 unspecified atom stereocenters. The van der Waals surface area contributed by atoms with E-state index in [1.54, 1.807) is 7.11 Å². The van der Waals surface area contributed by atoms with E-state index in [0.717, 1.165) is 26.3 Å². The molecule has 0 amide bonds. The molecule has 0 aromatic heterocycles. The van der Waals surface area contributed by atoms with Crippen molar-refractivity contribution in [3.63, 3.8) is 0 Å². The maximum absolute atomic E-state index is 5.73. The Labute approximate surface area is 98.4 Å². The van der Waals surface area contributed by atoms with Crippen molar-refractivity contribution in [2.24, 2.45) is 0 Å². The van der Waals surface area contributed by atoms with Gasteiger partial charge in [0.05, 0.1) is 7.11 Å². The summed E-state index contributed by atoms with van der Waals surface area (Å²) in [5.74, 6) is 0. The highest BCUT2D eigenvalue weighted by Gasteiger charge is 2.02. The van der Waals surface area contributed by atoms with Crippen LogP contribution in [0.5, 0.6) is 0 Å². The van der Waals surface area contributed by atoms with Gasteiger partial charge in [0.1, 0.15) is 0 Å². The Morgan fingerprint density at radius 1 is 1.27 bits per heavy atom. The van der Waals surface area contributed by atoms with Crippen molar-refractivity contribution in [3.8, 4) is 0 Å². The molecule has 0 saturated heterocycles. The van der Waals surface area contributed by atoms with E-state index in [1.807, 2.05) is 30.3 Å². The van der Waals surface area contributed by atoms with Gasteiger partial charge in [-0.2, -0.15) is 0 Å². The highest BCUT2D eigenvalue weighted by atomic mass is 32.2. The number of thiol groups is 1. The number of benzene rings is 2. The lowest BCUT2D eigenvalue weighted by molar-refractivity contribution is 0.490. The van der Waals surface area contributed by atoms with Crippen LogP contribution in [0, 0.1) is 0 Å². The molecule has 0 spiro atoms. The van der Waals surface area contributed by atoms with E-state index in [-0.39, 0.29) is 0 Å². The predicted octanol–water partition coefficient (Wildman–Crippen LogP) is 3.36. The summed E-state index contributed by atoms with van der Waals surface area (Å²) in [5.41, 5.74) is 6.49. The molecule has 0 fully saturated rings. The lowest BCUT2D eigenvalue weighted by Gasteiger charge is -2.05. The summed E-state index contributed by atoms with van der Waals surface area (Å²) in [6.45, 7) is 0.